The fraction of sp³-hybridized carbons (Fsp3) is 0.435. The molecule has 7 nitrogen and oxygen atoms in total. The molecular weight excluding hydrogens is 435 g/mol. The summed E-state index contributed by atoms with van der Waals surface area (Å²) in [4.78, 5) is 13.7. The molecule has 33 heavy (non-hydrogen) atoms. The molecule has 0 aromatic heterocycles. The van der Waals surface area contributed by atoms with Crippen LogP contribution in [-0.2, 0) is 11.3 Å². The lowest BCUT2D eigenvalue weighted by molar-refractivity contribution is 0.141. The number of aromatic nitrogens is 3. The fourth-order valence-electron chi connectivity index (χ4n) is 4.30. The van der Waals surface area contributed by atoms with Gasteiger partial charge in [-0.1, -0.05) is 18.2 Å². The second-order valence-corrected chi connectivity index (χ2v) is 8.23. The molecule has 1 saturated heterocycles. The molecule has 4 aliphatic heterocycles. The Morgan fingerprint density at radius 3 is 2.85 bits per heavy atom. The number of hydrogen-bond donors (Lipinski definition) is 1. The zero-order valence-electron chi connectivity index (χ0n) is 18.3. The summed E-state index contributed by atoms with van der Waals surface area (Å²) in [5.74, 6) is 1.74. The van der Waals surface area contributed by atoms with E-state index in [0.29, 0.717) is 48.2 Å². The average molecular weight is 459 g/mol. The Hall–Kier alpha value is -3.14. The maximum atomic E-state index is 14.7. The molecule has 1 aromatic rings. The summed E-state index contributed by atoms with van der Waals surface area (Å²) in [6.45, 7) is 6.03. The van der Waals surface area contributed by atoms with Gasteiger partial charge in [-0.15, -0.1) is 0 Å². The summed E-state index contributed by atoms with van der Waals surface area (Å²) in [5.41, 5.74) is 0.472. The molecule has 0 radical (unpaired) electrons. The summed E-state index contributed by atoms with van der Waals surface area (Å²) in [5, 5.41) is 3.35. The van der Waals surface area contributed by atoms with E-state index in [9.17, 15) is 13.2 Å². The van der Waals surface area contributed by atoms with Crippen LogP contribution in [0.5, 0.6) is 5.75 Å². The van der Waals surface area contributed by atoms with Gasteiger partial charge in [0.05, 0.1) is 30.4 Å². The number of fused-ring (bicyclic) bond motifs is 3. The van der Waals surface area contributed by atoms with E-state index >= 15 is 0 Å². The van der Waals surface area contributed by atoms with Gasteiger partial charge in [0.2, 0.25) is 0 Å². The lowest BCUT2D eigenvalue weighted by Crippen LogP contribution is -2.22. The Balaban J connectivity index is 1.63. The summed E-state index contributed by atoms with van der Waals surface area (Å²) in [6, 6.07) is 5.08. The number of nitrogens with one attached hydrogen (secondary N) is 1. The first-order chi connectivity index (χ1) is 15.9. The van der Waals surface area contributed by atoms with E-state index < -0.39 is 23.8 Å². The van der Waals surface area contributed by atoms with Crippen molar-refractivity contribution in [2.45, 2.75) is 45.4 Å². The Kier molecular flexibility index (Phi) is 5.69. The first-order valence-corrected chi connectivity index (χ1v) is 10.9. The number of nitrogens with zero attached hydrogens (tertiary/aromatic N) is 4. The highest BCUT2D eigenvalue weighted by Gasteiger charge is 2.27. The topological polar surface area (TPSA) is 73.6 Å². The smallest absolute Gasteiger partial charge is 0.266 e. The van der Waals surface area contributed by atoms with Crippen molar-refractivity contribution < 1.29 is 22.6 Å². The van der Waals surface area contributed by atoms with Gasteiger partial charge in [-0.05, 0) is 19.9 Å². The quantitative estimate of drug-likeness (QED) is 0.624. The summed E-state index contributed by atoms with van der Waals surface area (Å²) in [7, 11) is 0. The van der Waals surface area contributed by atoms with Gasteiger partial charge in [-0.3, -0.25) is 4.99 Å². The molecule has 0 unspecified atom stereocenters. The van der Waals surface area contributed by atoms with Crippen LogP contribution in [0.4, 0.5) is 19.0 Å². The lowest BCUT2D eigenvalue weighted by Gasteiger charge is -2.20. The van der Waals surface area contributed by atoms with Crippen molar-refractivity contribution in [2.75, 3.05) is 25.1 Å². The largest absolute Gasteiger partial charge is 0.484 e. The minimum absolute atomic E-state index is 0.0496. The Morgan fingerprint density at radius 1 is 1.27 bits per heavy atom. The highest BCUT2D eigenvalue weighted by atomic mass is 19.3. The molecule has 0 aliphatic carbocycles. The molecule has 0 amide bonds. The van der Waals surface area contributed by atoms with Gasteiger partial charge in [0, 0.05) is 25.1 Å². The van der Waals surface area contributed by atoms with Crippen molar-refractivity contribution in [3.63, 3.8) is 0 Å². The van der Waals surface area contributed by atoms with Crippen LogP contribution in [0.25, 0.3) is 11.4 Å². The number of rotatable bonds is 5. The van der Waals surface area contributed by atoms with E-state index in [4.69, 9.17) is 9.47 Å². The molecule has 2 atom stereocenters. The number of anilines is 1. The van der Waals surface area contributed by atoms with E-state index in [2.05, 4.69) is 20.3 Å². The van der Waals surface area contributed by atoms with E-state index in [1.165, 1.54) is 12.1 Å². The number of ether oxygens (including phenoxy) is 2. The van der Waals surface area contributed by atoms with E-state index in [-0.39, 0.29) is 11.7 Å². The maximum absolute atomic E-state index is 14.7. The molecule has 1 fully saturated rings. The molecule has 4 aliphatic rings. The molecular formula is C23H24F3N5O2. The summed E-state index contributed by atoms with van der Waals surface area (Å²) >= 11 is 0. The van der Waals surface area contributed by atoms with E-state index in [0.717, 1.165) is 24.8 Å². The van der Waals surface area contributed by atoms with Crippen LogP contribution < -0.4 is 15.5 Å². The number of pyridine rings is 1. The number of benzene rings is 1. The van der Waals surface area contributed by atoms with Crippen molar-refractivity contribution in [1.29, 1.82) is 0 Å². The zero-order chi connectivity index (χ0) is 23.1. The second-order valence-electron chi connectivity index (χ2n) is 8.23. The molecule has 10 heteroatoms. The maximum Gasteiger partial charge on any atom is 0.266 e. The van der Waals surface area contributed by atoms with Crippen LogP contribution in [0, 0.1) is 12.7 Å². The third kappa shape index (κ3) is 4.03. The van der Waals surface area contributed by atoms with Crippen LogP contribution in [0.15, 0.2) is 29.3 Å². The first kappa shape index (κ1) is 21.7. The Bertz CT molecular complexity index is 1220. The first-order valence-electron chi connectivity index (χ1n) is 10.9. The molecule has 1 aromatic carbocycles. The van der Waals surface area contributed by atoms with Crippen molar-refractivity contribution in [3.05, 3.63) is 52.5 Å². The Morgan fingerprint density at radius 2 is 2.09 bits per heavy atom. The summed E-state index contributed by atoms with van der Waals surface area (Å²) in [6.07, 6.45) is -2.15. The highest BCUT2D eigenvalue weighted by Crippen LogP contribution is 2.36. The molecule has 1 N–H and O–H groups in total. The van der Waals surface area contributed by atoms with Gasteiger partial charge >= 0.3 is 0 Å². The third-order valence-electron chi connectivity index (χ3n) is 5.92. The molecule has 4 heterocycles. The summed E-state index contributed by atoms with van der Waals surface area (Å²) < 4.78 is 54.7. The SMILES string of the molecule is Cc1nc2n3c(c(O[C@H]4CCOC4)cc-2c(=N[C@H](C)c2cccc(C(F)F)c2F)n1)NCC3. The van der Waals surface area contributed by atoms with Gasteiger partial charge in [0.25, 0.3) is 6.43 Å². The minimum atomic E-state index is -2.90. The second kappa shape index (κ2) is 8.66. The molecule has 5 rings (SSSR count). The number of alkyl halides is 2. The number of hydrogen-bond acceptors (Lipinski definition) is 6. The van der Waals surface area contributed by atoms with Crippen LogP contribution in [0.1, 0.15) is 42.8 Å². The van der Waals surface area contributed by atoms with E-state index in [1.54, 1.807) is 13.8 Å². The van der Waals surface area contributed by atoms with Crippen molar-refractivity contribution in [2.24, 2.45) is 4.99 Å². The fourth-order valence-corrected chi connectivity index (χ4v) is 4.30. The monoisotopic (exact) mass is 459 g/mol. The van der Waals surface area contributed by atoms with Crippen molar-refractivity contribution >= 4 is 5.82 Å². The van der Waals surface area contributed by atoms with Crippen molar-refractivity contribution in [1.82, 2.24) is 14.5 Å². The van der Waals surface area contributed by atoms with Gasteiger partial charge < -0.3 is 19.4 Å². The molecule has 0 bridgehead atoms. The van der Waals surface area contributed by atoms with Gasteiger partial charge in [0.1, 0.15) is 23.6 Å². The average Bonchev–Trinajstić information content (AvgIpc) is 3.46. The van der Waals surface area contributed by atoms with E-state index in [1.807, 2.05) is 10.6 Å². The standard InChI is InChI=1S/C23H24F3N5O2/c1-12(15-4-3-5-16(19(15)24)20(25)26)28-21-17-10-18(33-14-6-9-32-11-14)23-27-7-8-31(23)22(17)30-13(2)29-21/h3-5,10,12,14,20,27H,6-9,11H2,1-2H3/t12-,14+/m1/s1. The number of halogens is 3. The third-order valence-corrected chi connectivity index (χ3v) is 5.92. The van der Waals surface area contributed by atoms with Crippen LogP contribution in [0.3, 0.4) is 0 Å². The molecule has 0 spiro atoms. The predicted molar refractivity (Wildman–Crippen MR) is 115 cm³/mol. The van der Waals surface area contributed by atoms with Crippen LogP contribution in [-0.4, -0.2) is 40.4 Å². The van der Waals surface area contributed by atoms with Gasteiger partial charge in [0.15, 0.2) is 17.1 Å². The van der Waals surface area contributed by atoms with Crippen molar-refractivity contribution in [3.8, 4) is 17.1 Å². The number of aryl methyl sites for hydroxylation is 1. The normalized spacial score (nSPS) is 19.2. The minimum Gasteiger partial charge on any atom is -0.484 e. The molecule has 0 saturated carbocycles. The predicted octanol–water partition coefficient (Wildman–Crippen LogP) is 4.02. The lowest BCUT2D eigenvalue weighted by atomic mass is 10.0. The molecule has 174 valence electrons. The highest BCUT2D eigenvalue weighted by molar-refractivity contribution is 5.68. The van der Waals surface area contributed by atoms with Gasteiger partial charge in [-0.25, -0.2) is 23.1 Å². The van der Waals surface area contributed by atoms with Gasteiger partial charge in [-0.2, -0.15) is 0 Å². The Labute approximate surface area is 188 Å². The van der Waals surface area contributed by atoms with Crippen LogP contribution >= 0.6 is 0 Å². The van der Waals surface area contributed by atoms with Crippen LogP contribution in [0.2, 0.25) is 0 Å². The zero-order valence-corrected chi connectivity index (χ0v) is 18.3.